The molecule has 0 fully saturated rings. The lowest BCUT2D eigenvalue weighted by Gasteiger charge is -2.29. The van der Waals surface area contributed by atoms with Gasteiger partial charge >= 0.3 is 0 Å². The summed E-state index contributed by atoms with van der Waals surface area (Å²) >= 11 is 0. The van der Waals surface area contributed by atoms with E-state index in [4.69, 9.17) is 10.3 Å². The summed E-state index contributed by atoms with van der Waals surface area (Å²) in [5.41, 5.74) is 6.61. The zero-order valence-corrected chi connectivity index (χ0v) is 17.2. The molecule has 6 nitrogen and oxygen atoms in total. The molecular formula is C19H29ClN4O2. The topological polar surface area (TPSA) is 85.2 Å². The average Bonchev–Trinajstić information content (AvgIpc) is 3.04. The number of carbonyl (C=O) groups excluding carboxylic acids is 1. The Bertz CT molecular complexity index is 750. The van der Waals surface area contributed by atoms with Gasteiger partial charge in [0, 0.05) is 19.0 Å². The molecule has 0 saturated heterocycles. The van der Waals surface area contributed by atoms with Crippen molar-refractivity contribution in [2.24, 2.45) is 11.1 Å². The van der Waals surface area contributed by atoms with Crippen molar-refractivity contribution in [1.29, 1.82) is 0 Å². The third-order valence-corrected chi connectivity index (χ3v) is 4.05. The molecule has 26 heavy (non-hydrogen) atoms. The number of amides is 1. The molecule has 0 unspecified atom stereocenters. The molecule has 1 heterocycles. The molecule has 0 spiro atoms. The monoisotopic (exact) mass is 380 g/mol. The van der Waals surface area contributed by atoms with Crippen LogP contribution in [0.2, 0.25) is 0 Å². The standard InChI is InChI=1S/C19H28N4O2.ClH/c1-18(2,3)17-21-15(25-22-17)13-9-7-8-10-14(13)16(24)23(6)12-19(4,5)11-20;/h7-10H,11-12,20H2,1-6H3;1H. The van der Waals surface area contributed by atoms with E-state index in [-0.39, 0.29) is 29.1 Å². The highest BCUT2D eigenvalue weighted by atomic mass is 35.5. The molecule has 0 aliphatic heterocycles. The fourth-order valence-corrected chi connectivity index (χ4v) is 2.48. The van der Waals surface area contributed by atoms with E-state index < -0.39 is 0 Å². The maximum Gasteiger partial charge on any atom is 0.258 e. The Morgan fingerprint density at radius 2 is 1.81 bits per heavy atom. The zero-order chi connectivity index (χ0) is 18.8. The summed E-state index contributed by atoms with van der Waals surface area (Å²) < 4.78 is 5.42. The van der Waals surface area contributed by atoms with Crippen LogP contribution < -0.4 is 5.73 Å². The largest absolute Gasteiger partial charge is 0.341 e. The van der Waals surface area contributed by atoms with E-state index in [0.717, 1.165) is 0 Å². The quantitative estimate of drug-likeness (QED) is 0.857. The second kappa shape index (κ2) is 8.18. The predicted molar refractivity (Wildman–Crippen MR) is 105 cm³/mol. The number of aromatic nitrogens is 2. The van der Waals surface area contributed by atoms with Crippen molar-refractivity contribution >= 4 is 18.3 Å². The third-order valence-electron chi connectivity index (χ3n) is 4.05. The van der Waals surface area contributed by atoms with Gasteiger partial charge in [-0.15, -0.1) is 12.4 Å². The summed E-state index contributed by atoms with van der Waals surface area (Å²) in [7, 11) is 1.78. The molecule has 0 aliphatic rings. The highest BCUT2D eigenvalue weighted by molar-refractivity contribution is 5.99. The molecule has 0 bridgehead atoms. The van der Waals surface area contributed by atoms with Gasteiger partial charge in [-0.1, -0.05) is 51.9 Å². The molecule has 0 atom stereocenters. The number of hydrogen-bond donors (Lipinski definition) is 1. The number of benzene rings is 1. The van der Waals surface area contributed by atoms with Crippen LogP contribution in [0.25, 0.3) is 11.5 Å². The minimum atomic E-state index is -0.220. The number of rotatable bonds is 5. The second-order valence-corrected chi connectivity index (χ2v) is 8.25. The molecule has 0 aliphatic carbocycles. The van der Waals surface area contributed by atoms with Crippen molar-refractivity contribution in [2.45, 2.75) is 40.0 Å². The minimum Gasteiger partial charge on any atom is -0.341 e. The SMILES string of the molecule is CN(CC(C)(C)CN)C(=O)c1ccccc1-c1nc(C(C)(C)C)no1.Cl. The Labute approximate surface area is 161 Å². The highest BCUT2D eigenvalue weighted by Crippen LogP contribution is 2.27. The van der Waals surface area contributed by atoms with Gasteiger partial charge in [0.15, 0.2) is 5.82 Å². The molecule has 2 rings (SSSR count). The first kappa shape index (κ1) is 22.1. The lowest BCUT2D eigenvalue weighted by molar-refractivity contribution is 0.0741. The van der Waals surface area contributed by atoms with Crippen molar-refractivity contribution in [3.8, 4) is 11.5 Å². The second-order valence-electron chi connectivity index (χ2n) is 8.25. The van der Waals surface area contributed by atoms with Crippen LogP contribution in [0.4, 0.5) is 0 Å². The Kier molecular flexibility index (Phi) is 6.96. The first-order valence-corrected chi connectivity index (χ1v) is 8.44. The number of nitrogens with zero attached hydrogens (tertiary/aromatic N) is 3. The number of hydrogen-bond acceptors (Lipinski definition) is 5. The molecule has 0 radical (unpaired) electrons. The van der Waals surface area contributed by atoms with E-state index in [9.17, 15) is 4.79 Å². The molecule has 1 amide bonds. The summed E-state index contributed by atoms with van der Waals surface area (Å²) in [6.07, 6.45) is 0. The lowest BCUT2D eigenvalue weighted by Crippen LogP contribution is -2.39. The maximum atomic E-state index is 12.9. The van der Waals surface area contributed by atoms with Crippen LogP contribution in [0.3, 0.4) is 0 Å². The third kappa shape index (κ3) is 5.05. The van der Waals surface area contributed by atoms with Crippen molar-refractivity contribution in [2.75, 3.05) is 20.1 Å². The van der Waals surface area contributed by atoms with E-state index in [2.05, 4.69) is 10.1 Å². The van der Waals surface area contributed by atoms with Crippen LogP contribution in [0, 0.1) is 5.41 Å². The Balaban J connectivity index is 0.00000338. The Hall–Kier alpha value is -1.92. The van der Waals surface area contributed by atoms with Gasteiger partial charge in [0.2, 0.25) is 0 Å². The summed E-state index contributed by atoms with van der Waals surface area (Å²) in [6, 6.07) is 7.30. The van der Waals surface area contributed by atoms with Gasteiger partial charge in [0.1, 0.15) is 0 Å². The zero-order valence-electron chi connectivity index (χ0n) is 16.4. The average molecular weight is 381 g/mol. The van der Waals surface area contributed by atoms with E-state index in [0.29, 0.717) is 35.9 Å². The first-order chi connectivity index (χ1) is 11.5. The number of nitrogens with two attached hydrogens (primary N) is 1. The summed E-state index contributed by atoms with van der Waals surface area (Å²) in [6.45, 7) is 11.2. The van der Waals surface area contributed by atoms with Gasteiger partial charge in [-0.3, -0.25) is 4.79 Å². The number of halogens is 1. The molecule has 1 aromatic heterocycles. The van der Waals surface area contributed by atoms with Crippen LogP contribution in [-0.4, -0.2) is 41.1 Å². The van der Waals surface area contributed by atoms with E-state index in [1.165, 1.54) is 0 Å². The summed E-state index contributed by atoms with van der Waals surface area (Å²) in [5.74, 6) is 0.885. The van der Waals surface area contributed by atoms with Crippen molar-refractivity contribution in [1.82, 2.24) is 15.0 Å². The number of carbonyl (C=O) groups is 1. The van der Waals surface area contributed by atoms with Gasteiger partial charge in [0.25, 0.3) is 11.8 Å². The predicted octanol–water partition coefficient (Wildman–Crippen LogP) is 3.51. The molecular weight excluding hydrogens is 352 g/mol. The van der Waals surface area contributed by atoms with E-state index >= 15 is 0 Å². The van der Waals surface area contributed by atoms with Crippen LogP contribution in [0.1, 0.15) is 50.8 Å². The van der Waals surface area contributed by atoms with Crippen molar-refractivity contribution in [3.05, 3.63) is 35.7 Å². The van der Waals surface area contributed by atoms with Gasteiger partial charge in [-0.2, -0.15) is 4.98 Å². The molecule has 1 aromatic carbocycles. The first-order valence-electron chi connectivity index (χ1n) is 8.44. The van der Waals surface area contributed by atoms with E-state index in [1.54, 1.807) is 18.0 Å². The normalized spacial score (nSPS) is 11.8. The lowest BCUT2D eigenvalue weighted by atomic mass is 9.93. The smallest absolute Gasteiger partial charge is 0.258 e. The van der Waals surface area contributed by atoms with Crippen LogP contribution in [-0.2, 0) is 5.41 Å². The summed E-state index contributed by atoms with van der Waals surface area (Å²) in [5, 5.41) is 4.05. The van der Waals surface area contributed by atoms with Gasteiger partial charge < -0.3 is 15.2 Å². The molecule has 2 aromatic rings. The molecule has 144 valence electrons. The molecule has 2 N–H and O–H groups in total. The summed E-state index contributed by atoms with van der Waals surface area (Å²) in [4.78, 5) is 19.1. The van der Waals surface area contributed by atoms with Crippen molar-refractivity contribution < 1.29 is 9.32 Å². The van der Waals surface area contributed by atoms with E-state index in [1.807, 2.05) is 52.8 Å². The highest BCUT2D eigenvalue weighted by Gasteiger charge is 2.26. The fourth-order valence-electron chi connectivity index (χ4n) is 2.48. The maximum absolute atomic E-state index is 12.9. The molecule has 7 heteroatoms. The van der Waals surface area contributed by atoms with Crippen LogP contribution in [0.15, 0.2) is 28.8 Å². The van der Waals surface area contributed by atoms with Gasteiger partial charge in [0.05, 0.1) is 11.1 Å². The van der Waals surface area contributed by atoms with Gasteiger partial charge in [-0.05, 0) is 24.1 Å². The van der Waals surface area contributed by atoms with Crippen LogP contribution in [0.5, 0.6) is 0 Å². The van der Waals surface area contributed by atoms with Crippen molar-refractivity contribution in [3.63, 3.8) is 0 Å². The van der Waals surface area contributed by atoms with Crippen LogP contribution >= 0.6 is 12.4 Å². The minimum absolute atomic E-state index is 0. The molecule has 0 saturated carbocycles. The van der Waals surface area contributed by atoms with Gasteiger partial charge in [-0.25, -0.2) is 0 Å². The Morgan fingerprint density at radius 3 is 2.35 bits per heavy atom. The Morgan fingerprint density at radius 1 is 1.19 bits per heavy atom. The fraction of sp³-hybridized carbons (Fsp3) is 0.526.